The predicted molar refractivity (Wildman–Crippen MR) is 63.3 cm³/mol. The van der Waals surface area contributed by atoms with Gasteiger partial charge in [-0.05, 0) is 12.1 Å². The molecule has 0 bridgehead atoms. The van der Waals surface area contributed by atoms with Gasteiger partial charge in [-0.25, -0.2) is 0 Å². The Hall–Kier alpha value is -2.61. The molecule has 1 heterocycles. The normalized spacial score (nSPS) is 21.2. The Kier molecular flexibility index (Phi) is 2.86. The van der Waals surface area contributed by atoms with Crippen LogP contribution in [0.2, 0.25) is 0 Å². The topological polar surface area (TPSA) is 79.2 Å². The highest BCUT2D eigenvalue weighted by atomic mass is 16.6. The van der Waals surface area contributed by atoms with E-state index in [1.165, 1.54) is 13.0 Å². The van der Waals surface area contributed by atoms with Gasteiger partial charge in [0.15, 0.2) is 0 Å². The van der Waals surface area contributed by atoms with Crippen molar-refractivity contribution in [2.45, 2.75) is 12.5 Å². The number of amides is 1. The van der Waals surface area contributed by atoms with E-state index in [9.17, 15) is 9.59 Å². The molecule has 1 aromatic carbocycles. The van der Waals surface area contributed by atoms with E-state index in [1.54, 1.807) is 30.3 Å². The van der Waals surface area contributed by atoms with Crippen molar-refractivity contribution >= 4 is 17.6 Å². The molecule has 1 atom stereocenters. The van der Waals surface area contributed by atoms with Crippen LogP contribution in [0.1, 0.15) is 12.5 Å². The first-order valence-corrected chi connectivity index (χ1v) is 5.28. The van der Waals surface area contributed by atoms with Gasteiger partial charge in [-0.3, -0.25) is 9.59 Å². The first-order valence-electron chi connectivity index (χ1n) is 5.28. The van der Waals surface area contributed by atoms with Crippen LogP contribution in [0.3, 0.4) is 0 Å². The number of carbonyl (C=O) groups is 2. The van der Waals surface area contributed by atoms with Crippen LogP contribution in [0.15, 0.2) is 36.4 Å². The maximum Gasteiger partial charge on any atom is 0.304 e. The fourth-order valence-electron chi connectivity index (χ4n) is 1.94. The number of nitrogens with one attached hydrogen (secondary N) is 1. The molecule has 0 saturated heterocycles. The molecular formula is C13H10N2O3. The lowest BCUT2D eigenvalue weighted by Crippen LogP contribution is -2.36. The van der Waals surface area contributed by atoms with Gasteiger partial charge in [0.1, 0.15) is 0 Å². The zero-order chi connectivity index (χ0) is 13.2. The number of ether oxygens (including phenoxy) is 1. The van der Waals surface area contributed by atoms with E-state index in [0.717, 1.165) is 6.08 Å². The van der Waals surface area contributed by atoms with E-state index in [0.29, 0.717) is 11.3 Å². The monoisotopic (exact) mass is 242 g/mol. The largest absolute Gasteiger partial charge is 0.440 e. The van der Waals surface area contributed by atoms with Crippen molar-refractivity contribution in [1.29, 1.82) is 5.26 Å². The first kappa shape index (κ1) is 11.9. The molecule has 2 rings (SSSR count). The summed E-state index contributed by atoms with van der Waals surface area (Å²) in [5.41, 5.74) is -0.443. The predicted octanol–water partition coefficient (Wildman–Crippen LogP) is 1.48. The number of rotatable bonds is 2. The standard InChI is InChI=1S/C13H10N2O3/c1-9(16)18-13(7-4-8-14)10-5-2-3-6-11(10)15-12(13)17/h2-7H,1H3,(H,15,17)/b7-4+. The van der Waals surface area contributed by atoms with Crippen molar-refractivity contribution in [3.63, 3.8) is 0 Å². The summed E-state index contributed by atoms with van der Waals surface area (Å²) < 4.78 is 5.15. The van der Waals surface area contributed by atoms with Crippen LogP contribution >= 0.6 is 0 Å². The second-order valence-electron chi connectivity index (χ2n) is 3.79. The van der Waals surface area contributed by atoms with E-state index in [1.807, 2.05) is 0 Å². The molecule has 1 aliphatic rings. The van der Waals surface area contributed by atoms with Gasteiger partial charge in [-0.2, -0.15) is 5.26 Å². The lowest BCUT2D eigenvalue weighted by Gasteiger charge is -2.22. The molecule has 1 aromatic rings. The molecule has 18 heavy (non-hydrogen) atoms. The molecule has 0 aliphatic carbocycles. The molecule has 5 heteroatoms. The molecule has 90 valence electrons. The van der Waals surface area contributed by atoms with E-state index in [4.69, 9.17) is 10.00 Å². The van der Waals surface area contributed by atoms with Crippen molar-refractivity contribution in [3.8, 4) is 6.07 Å². The second kappa shape index (κ2) is 4.34. The minimum absolute atomic E-state index is 0.481. The van der Waals surface area contributed by atoms with Gasteiger partial charge < -0.3 is 10.1 Å². The SMILES string of the molecule is CC(=O)OC1(/C=C/C#N)C(=O)Nc2ccccc21. The van der Waals surface area contributed by atoms with Crippen molar-refractivity contribution in [2.24, 2.45) is 0 Å². The zero-order valence-electron chi connectivity index (χ0n) is 9.64. The molecule has 0 spiro atoms. The Balaban J connectivity index is 2.59. The number of fused-ring (bicyclic) bond motifs is 1. The van der Waals surface area contributed by atoms with Gasteiger partial charge in [0.05, 0.1) is 6.07 Å². The van der Waals surface area contributed by atoms with Crippen molar-refractivity contribution < 1.29 is 14.3 Å². The average molecular weight is 242 g/mol. The summed E-state index contributed by atoms with van der Waals surface area (Å²) in [6.45, 7) is 1.22. The molecule has 0 radical (unpaired) electrons. The highest BCUT2D eigenvalue weighted by molar-refractivity contribution is 6.07. The molecule has 1 N–H and O–H groups in total. The van der Waals surface area contributed by atoms with E-state index >= 15 is 0 Å². The first-order chi connectivity index (χ1) is 8.60. The van der Waals surface area contributed by atoms with Gasteiger partial charge in [-0.15, -0.1) is 0 Å². The summed E-state index contributed by atoms with van der Waals surface area (Å²) in [4.78, 5) is 23.2. The highest BCUT2D eigenvalue weighted by Crippen LogP contribution is 2.39. The maximum absolute atomic E-state index is 12.0. The maximum atomic E-state index is 12.0. The lowest BCUT2D eigenvalue weighted by atomic mass is 9.94. The second-order valence-corrected chi connectivity index (χ2v) is 3.79. The highest BCUT2D eigenvalue weighted by Gasteiger charge is 2.48. The van der Waals surface area contributed by atoms with Crippen LogP contribution in [-0.4, -0.2) is 11.9 Å². The van der Waals surface area contributed by atoms with Crippen LogP contribution in [0.25, 0.3) is 0 Å². The van der Waals surface area contributed by atoms with E-state index in [-0.39, 0.29) is 0 Å². The third-order valence-corrected chi connectivity index (χ3v) is 2.61. The molecule has 0 aromatic heterocycles. The Bertz CT molecular complexity index is 586. The van der Waals surface area contributed by atoms with Crippen LogP contribution in [-0.2, 0) is 19.9 Å². The number of hydrogen-bond acceptors (Lipinski definition) is 4. The molecule has 1 unspecified atom stereocenters. The summed E-state index contributed by atoms with van der Waals surface area (Å²) >= 11 is 0. The van der Waals surface area contributed by atoms with Gasteiger partial charge in [0.2, 0.25) is 5.60 Å². The molecule has 0 saturated carbocycles. The third kappa shape index (κ3) is 1.74. The number of benzene rings is 1. The van der Waals surface area contributed by atoms with Crippen LogP contribution in [0, 0.1) is 11.3 Å². The Labute approximate surface area is 104 Å². The quantitative estimate of drug-likeness (QED) is 0.629. The Morgan fingerprint density at radius 3 is 2.89 bits per heavy atom. The molecule has 1 amide bonds. The van der Waals surface area contributed by atoms with Crippen molar-refractivity contribution in [3.05, 3.63) is 42.0 Å². The number of allylic oxidation sites excluding steroid dienone is 1. The van der Waals surface area contributed by atoms with Crippen LogP contribution in [0.5, 0.6) is 0 Å². The van der Waals surface area contributed by atoms with Crippen LogP contribution < -0.4 is 5.32 Å². The van der Waals surface area contributed by atoms with Gasteiger partial charge in [-0.1, -0.05) is 18.2 Å². The molecule has 1 aliphatic heterocycles. The van der Waals surface area contributed by atoms with Gasteiger partial charge in [0.25, 0.3) is 5.91 Å². The fraction of sp³-hybridized carbons (Fsp3) is 0.154. The summed E-state index contributed by atoms with van der Waals surface area (Å²) in [5.74, 6) is -1.07. The number of hydrogen-bond donors (Lipinski definition) is 1. The number of nitriles is 1. The van der Waals surface area contributed by atoms with E-state index in [2.05, 4.69) is 5.32 Å². The minimum Gasteiger partial charge on any atom is -0.440 e. The van der Waals surface area contributed by atoms with Crippen LogP contribution in [0.4, 0.5) is 5.69 Å². The fourth-order valence-corrected chi connectivity index (χ4v) is 1.94. The van der Waals surface area contributed by atoms with Gasteiger partial charge in [0, 0.05) is 24.3 Å². The van der Waals surface area contributed by atoms with E-state index < -0.39 is 17.5 Å². The van der Waals surface area contributed by atoms with Crippen molar-refractivity contribution in [2.75, 3.05) is 5.32 Å². The number of anilines is 1. The smallest absolute Gasteiger partial charge is 0.304 e. The average Bonchev–Trinajstić information content (AvgIpc) is 2.60. The lowest BCUT2D eigenvalue weighted by molar-refractivity contribution is -0.159. The summed E-state index contributed by atoms with van der Waals surface area (Å²) in [6, 6.07) is 8.67. The number of carbonyl (C=O) groups excluding carboxylic acids is 2. The summed E-state index contributed by atoms with van der Waals surface area (Å²) in [7, 11) is 0. The Morgan fingerprint density at radius 2 is 2.22 bits per heavy atom. The number of esters is 1. The van der Waals surface area contributed by atoms with Crippen molar-refractivity contribution in [1.82, 2.24) is 0 Å². The zero-order valence-corrected chi connectivity index (χ0v) is 9.64. The molecule has 0 fully saturated rings. The Morgan fingerprint density at radius 1 is 1.50 bits per heavy atom. The number of para-hydroxylation sites is 1. The molecule has 5 nitrogen and oxygen atoms in total. The molecular weight excluding hydrogens is 232 g/mol. The number of nitrogens with zero attached hydrogens (tertiary/aromatic N) is 1. The summed E-state index contributed by atoms with van der Waals surface area (Å²) in [6.07, 6.45) is 2.42. The van der Waals surface area contributed by atoms with Gasteiger partial charge >= 0.3 is 5.97 Å². The third-order valence-electron chi connectivity index (χ3n) is 2.61. The minimum atomic E-state index is -1.54. The summed E-state index contributed by atoms with van der Waals surface area (Å²) in [5, 5.41) is 11.2.